The number of hydrogen-bond acceptors (Lipinski definition) is 15. The molecule has 6 aromatic carbocycles. The number of amides is 4. The van der Waals surface area contributed by atoms with Crippen molar-refractivity contribution < 1.29 is 47.0 Å². The van der Waals surface area contributed by atoms with Crippen LogP contribution in [0.15, 0.2) is 142 Å². The predicted octanol–water partition coefficient (Wildman–Crippen LogP) is 10.6. The fraction of sp³-hybridized carbons (Fsp3) is 0.259. The number of hydrazine groups is 2. The third-order valence-electron chi connectivity index (χ3n) is 11.9. The van der Waals surface area contributed by atoms with Crippen LogP contribution in [-0.2, 0) is 29.1 Å². The number of nitrogens with one attached hydrogen (secondary N) is 5. The van der Waals surface area contributed by atoms with Crippen molar-refractivity contribution in [2.75, 3.05) is 27.1 Å². The highest BCUT2D eigenvalue weighted by Crippen LogP contribution is 2.40. The molecular weight excluding hydrogens is 1050 g/mol. The zero-order chi connectivity index (χ0) is 54.7. The van der Waals surface area contributed by atoms with E-state index in [1.54, 1.807) is 66.7 Å². The first-order valence-electron chi connectivity index (χ1n) is 24.8. The number of carbonyl (C=O) groups excluding carboxylic acids is 5. The van der Waals surface area contributed by atoms with Crippen molar-refractivity contribution in [1.82, 2.24) is 31.1 Å². The molecule has 23 heteroatoms. The number of rotatable bonds is 27. The summed E-state index contributed by atoms with van der Waals surface area (Å²) in [4.78, 5) is 64.7. The molecule has 0 aliphatic carbocycles. The average Bonchev–Trinajstić information content (AvgIpc) is 3.91. The van der Waals surface area contributed by atoms with Crippen LogP contribution < -0.4 is 31.3 Å². The molecule has 4 amide bonds. The Morgan fingerprint density at radius 2 is 1.48 bits per heavy atom. The molecule has 0 radical (unpaired) electrons. The number of esters is 2. The SMILES string of the molecule is CCCCCCCCCCCCOC(=O)C(C)OC(=O)c1ccc(Cl)c(NC(=O)c2cc(Sc3nnnn3-c3cccc(NC(=O)NN(c4ccc(NNC=O)cc4)S(=O)(=O)c4ccccc4)c3)c3ccccc3c2O)c1. The number of hydrogen-bond donors (Lipinski definition) is 6. The Kier molecular flexibility index (Phi) is 20.2. The molecule has 402 valence electrons. The van der Waals surface area contributed by atoms with Gasteiger partial charge in [0.05, 0.1) is 50.4 Å². The molecule has 1 atom stereocenters. The molecule has 0 saturated heterocycles. The molecule has 6 N–H and O–H groups in total. The Labute approximate surface area is 454 Å². The predicted molar refractivity (Wildman–Crippen MR) is 294 cm³/mol. The number of unbranched alkanes of at least 4 members (excludes halogenated alkanes) is 9. The van der Waals surface area contributed by atoms with Crippen molar-refractivity contribution in [2.45, 2.75) is 99.1 Å². The molecule has 0 bridgehead atoms. The number of tetrazole rings is 1. The summed E-state index contributed by atoms with van der Waals surface area (Å²) in [7, 11) is -4.35. The van der Waals surface area contributed by atoms with Crippen molar-refractivity contribution in [3.63, 3.8) is 0 Å². The Morgan fingerprint density at radius 1 is 0.792 bits per heavy atom. The molecule has 1 unspecified atom stereocenters. The van der Waals surface area contributed by atoms with Crippen LogP contribution in [0.3, 0.4) is 0 Å². The number of aromatic hydroxyl groups is 1. The van der Waals surface area contributed by atoms with Crippen molar-refractivity contribution in [3.8, 4) is 11.4 Å². The van der Waals surface area contributed by atoms with Crippen LogP contribution >= 0.6 is 23.4 Å². The zero-order valence-corrected chi connectivity index (χ0v) is 44.5. The number of ether oxygens (including phenoxy) is 2. The smallest absolute Gasteiger partial charge is 0.347 e. The maximum Gasteiger partial charge on any atom is 0.347 e. The number of halogens is 1. The van der Waals surface area contributed by atoms with Crippen LogP contribution in [-0.4, -0.2) is 76.7 Å². The summed E-state index contributed by atoms with van der Waals surface area (Å²) in [6.07, 6.45) is 10.6. The Morgan fingerprint density at radius 3 is 2.19 bits per heavy atom. The number of nitrogens with zero attached hydrogens (tertiary/aromatic N) is 5. The molecule has 1 aromatic heterocycles. The normalized spacial score (nSPS) is 11.5. The summed E-state index contributed by atoms with van der Waals surface area (Å²) in [6, 6.07) is 31.2. The van der Waals surface area contributed by atoms with Crippen molar-refractivity contribution >= 4 is 97.2 Å². The second kappa shape index (κ2) is 27.5. The van der Waals surface area contributed by atoms with E-state index >= 15 is 0 Å². The zero-order valence-electron chi connectivity index (χ0n) is 42.1. The van der Waals surface area contributed by atoms with Gasteiger partial charge in [-0.2, -0.15) is 17.5 Å². The highest BCUT2D eigenvalue weighted by atomic mass is 35.5. The number of sulfonamides is 1. The van der Waals surface area contributed by atoms with Crippen molar-refractivity contribution in [3.05, 3.63) is 144 Å². The van der Waals surface area contributed by atoms with Crippen molar-refractivity contribution in [2.24, 2.45) is 0 Å². The second-order valence-electron chi connectivity index (χ2n) is 17.5. The van der Waals surface area contributed by atoms with Crippen molar-refractivity contribution in [1.29, 1.82) is 0 Å². The Balaban J connectivity index is 1.02. The molecule has 0 aliphatic rings. The topological polar surface area (TPSA) is 265 Å². The van der Waals surface area contributed by atoms with E-state index in [1.807, 2.05) is 0 Å². The van der Waals surface area contributed by atoms with Gasteiger partial charge in [-0.25, -0.2) is 19.8 Å². The molecule has 20 nitrogen and oxygen atoms in total. The van der Waals surface area contributed by atoms with Crippen LogP contribution in [0.4, 0.5) is 27.5 Å². The average molecular weight is 1110 g/mol. The molecule has 0 saturated carbocycles. The fourth-order valence-corrected chi connectivity index (χ4v) is 10.3. The van der Waals surface area contributed by atoms with E-state index in [0.717, 1.165) is 35.4 Å². The van der Waals surface area contributed by atoms with E-state index < -0.39 is 40.0 Å². The monoisotopic (exact) mass is 1100 g/mol. The minimum absolute atomic E-state index is 0.00620. The van der Waals surface area contributed by atoms with Crippen LogP contribution in [0.25, 0.3) is 16.5 Å². The van der Waals surface area contributed by atoms with E-state index in [0.29, 0.717) is 39.9 Å². The lowest BCUT2D eigenvalue weighted by Crippen LogP contribution is -2.48. The Bertz CT molecular complexity index is 3300. The molecule has 7 rings (SSSR count). The van der Waals surface area contributed by atoms with Gasteiger partial charge >= 0.3 is 18.0 Å². The highest BCUT2D eigenvalue weighted by molar-refractivity contribution is 7.99. The van der Waals surface area contributed by atoms with Gasteiger partial charge in [0, 0.05) is 16.0 Å². The lowest BCUT2D eigenvalue weighted by molar-refractivity contribution is -0.153. The summed E-state index contributed by atoms with van der Waals surface area (Å²) >= 11 is 7.57. The fourth-order valence-electron chi connectivity index (χ4n) is 7.90. The van der Waals surface area contributed by atoms with Gasteiger partial charge in [-0.15, -0.1) is 5.10 Å². The van der Waals surface area contributed by atoms with Gasteiger partial charge in [0.1, 0.15) is 5.75 Å². The first-order chi connectivity index (χ1) is 37.3. The van der Waals surface area contributed by atoms with Crippen LogP contribution in [0.5, 0.6) is 5.75 Å². The maximum atomic E-state index is 14.1. The number of anilines is 4. The van der Waals surface area contributed by atoms with E-state index in [4.69, 9.17) is 21.1 Å². The van der Waals surface area contributed by atoms with Gasteiger partial charge < -0.3 is 25.2 Å². The van der Waals surface area contributed by atoms with Gasteiger partial charge in [-0.1, -0.05) is 125 Å². The largest absolute Gasteiger partial charge is 0.506 e. The van der Waals surface area contributed by atoms with Crippen LogP contribution in [0, 0.1) is 0 Å². The standard InChI is InChI=1S/C54H57ClN10O10S2/c1-3-4-5-6-7-8-9-10-11-17-31-74-51(69)36(2)75-52(70)37-25-30-46(55)47(32-37)58-50(68)45-34-48(43-23-15-16-24-44(43)49(45)67)76-54-60-62-63-64(54)41-20-18-19-39(33-41)57-53(71)61-65(77(72,73)42-21-13-12-14-22-42)40-28-26-38(27-29-40)59-56-35-66/h12-16,18-30,32-36,59,67H,3-11,17,31H2,1-2H3,(H,56,66)(H,58,68)(H2,57,61,71). The summed E-state index contributed by atoms with van der Waals surface area (Å²) < 4.78 is 40.7. The van der Waals surface area contributed by atoms with Crippen LogP contribution in [0.2, 0.25) is 5.02 Å². The quantitative estimate of drug-likeness (QED) is 0.0121. The first-order valence-corrected chi connectivity index (χ1v) is 27.4. The molecule has 0 spiro atoms. The summed E-state index contributed by atoms with van der Waals surface area (Å²) in [5, 5.41) is 30.3. The van der Waals surface area contributed by atoms with Gasteiger partial charge in [0.2, 0.25) is 11.6 Å². The molecular formula is C54H57ClN10O10S2. The van der Waals surface area contributed by atoms with Gasteiger partial charge in [-0.3, -0.25) is 20.4 Å². The number of fused-ring (bicyclic) bond motifs is 1. The number of aromatic nitrogens is 4. The number of urea groups is 1. The Hall–Kier alpha value is -8.21. The number of carbonyl (C=O) groups is 5. The lowest BCUT2D eigenvalue weighted by Gasteiger charge is -2.25. The molecule has 77 heavy (non-hydrogen) atoms. The number of phenols is 1. The number of benzene rings is 6. The third kappa shape index (κ3) is 15.2. The van der Waals surface area contributed by atoms with E-state index in [2.05, 4.69) is 49.4 Å². The third-order valence-corrected chi connectivity index (χ3v) is 14.9. The van der Waals surface area contributed by atoms with Gasteiger partial charge in [-0.05, 0) is 120 Å². The minimum atomic E-state index is -4.35. The summed E-state index contributed by atoms with van der Waals surface area (Å²) in [6.45, 7) is 3.84. The lowest BCUT2D eigenvalue weighted by atomic mass is 10.0. The second-order valence-corrected chi connectivity index (χ2v) is 20.7. The minimum Gasteiger partial charge on any atom is -0.506 e. The van der Waals surface area contributed by atoms with E-state index in [1.165, 1.54) is 111 Å². The molecule has 1 heterocycles. The van der Waals surface area contributed by atoms with E-state index in [9.17, 15) is 37.5 Å². The highest BCUT2D eigenvalue weighted by Gasteiger charge is 2.28. The maximum absolute atomic E-state index is 14.1. The van der Waals surface area contributed by atoms with Crippen LogP contribution in [0.1, 0.15) is 98.8 Å². The van der Waals surface area contributed by atoms with Gasteiger partial charge in [0.15, 0.2) is 6.10 Å². The van der Waals surface area contributed by atoms with E-state index in [-0.39, 0.29) is 55.6 Å². The first kappa shape index (κ1) is 56.5. The number of phenolic OH excluding ortho intramolecular Hbond substituents is 1. The molecule has 0 aliphatic heterocycles. The molecule has 7 aromatic rings. The summed E-state index contributed by atoms with van der Waals surface area (Å²) in [5.41, 5.74) is 8.33. The molecule has 0 fully saturated rings. The summed E-state index contributed by atoms with van der Waals surface area (Å²) in [5.74, 6) is -2.64. The van der Waals surface area contributed by atoms with Gasteiger partial charge in [0.25, 0.3) is 15.9 Å².